The molecule has 0 saturated carbocycles. The molecule has 0 bridgehead atoms. The minimum atomic E-state index is -0.0593. The van der Waals surface area contributed by atoms with Crippen molar-refractivity contribution in [2.75, 3.05) is 38.8 Å². The number of benzene rings is 2. The van der Waals surface area contributed by atoms with Crippen LogP contribution in [0.2, 0.25) is 5.02 Å². The predicted octanol–water partition coefficient (Wildman–Crippen LogP) is 3.81. The lowest BCUT2D eigenvalue weighted by molar-refractivity contribution is -0.125. The highest BCUT2D eigenvalue weighted by atomic mass is 35.5. The average Bonchev–Trinajstić information content (AvgIpc) is 3.22. The summed E-state index contributed by atoms with van der Waals surface area (Å²) >= 11 is 6.08. The van der Waals surface area contributed by atoms with E-state index in [2.05, 4.69) is 20.2 Å². The van der Waals surface area contributed by atoms with E-state index in [0.717, 1.165) is 48.4 Å². The van der Waals surface area contributed by atoms with Gasteiger partial charge in [0.15, 0.2) is 11.5 Å². The molecule has 1 saturated heterocycles. The number of aromatic amines is 1. The molecule has 1 unspecified atom stereocenters. The highest BCUT2D eigenvalue weighted by molar-refractivity contribution is 6.31. The van der Waals surface area contributed by atoms with Gasteiger partial charge in [-0.05, 0) is 55.2 Å². The van der Waals surface area contributed by atoms with E-state index in [1.54, 1.807) is 14.2 Å². The summed E-state index contributed by atoms with van der Waals surface area (Å²) in [5, 5.41) is 3.76. The molecule has 2 N–H and O–H groups in total. The number of piperidine rings is 1. The molecule has 8 heteroatoms. The lowest BCUT2D eigenvalue weighted by Gasteiger charge is -2.31. The Bertz CT molecular complexity index is 1070. The molecule has 1 amide bonds. The number of amides is 1. The number of rotatable bonds is 7. The van der Waals surface area contributed by atoms with Crippen LogP contribution in [-0.2, 0) is 11.2 Å². The summed E-state index contributed by atoms with van der Waals surface area (Å²) < 4.78 is 10.6. The van der Waals surface area contributed by atoms with Crippen molar-refractivity contribution in [3.63, 3.8) is 0 Å². The molecule has 0 radical (unpaired) electrons. The number of ether oxygens (including phenoxy) is 2. The summed E-state index contributed by atoms with van der Waals surface area (Å²) in [6, 6.07) is 11.4. The second kappa shape index (κ2) is 9.47. The van der Waals surface area contributed by atoms with E-state index in [0.29, 0.717) is 29.6 Å². The molecule has 31 heavy (non-hydrogen) atoms. The van der Waals surface area contributed by atoms with E-state index in [9.17, 15) is 4.79 Å². The Labute approximate surface area is 186 Å². The molecule has 1 aliphatic rings. The van der Waals surface area contributed by atoms with E-state index in [4.69, 9.17) is 21.1 Å². The van der Waals surface area contributed by atoms with Gasteiger partial charge < -0.3 is 24.7 Å². The van der Waals surface area contributed by atoms with Crippen LogP contribution in [0.25, 0.3) is 11.0 Å². The van der Waals surface area contributed by atoms with Gasteiger partial charge >= 0.3 is 0 Å². The predicted molar refractivity (Wildman–Crippen MR) is 122 cm³/mol. The summed E-state index contributed by atoms with van der Waals surface area (Å²) in [5.74, 6) is 2.21. The van der Waals surface area contributed by atoms with Crippen LogP contribution in [0.1, 0.15) is 18.4 Å². The molecular formula is C23H27ClN4O3. The zero-order valence-electron chi connectivity index (χ0n) is 17.8. The highest BCUT2D eigenvalue weighted by Gasteiger charge is 2.27. The molecule has 3 aromatic rings. The largest absolute Gasteiger partial charge is 0.493 e. The Morgan fingerprint density at radius 2 is 2.06 bits per heavy atom. The standard InChI is InChI=1S/C23H27ClN4O3/c1-30-20-8-5-15(12-21(20)31-2)9-10-25-22(29)16-4-3-11-28(14-16)23-26-18-7-6-17(24)13-19(18)27-23/h5-8,12-13,16H,3-4,9-11,14H2,1-2H3,(H,25,29)(H,26,27). The number of hydrogen-bond donors (Lipinski definition) is 2. The molecule has 7 nitrogen and oxygen atoms in total. The summed E-state index contributed by atoms with van der Waals surface area (Å²) in [5.41, 5.74) is 2.87. The molecular weight excluding hydrogens is 416 g/mol. The van der Waals surface area contributed by atoms with E-state index in [-0.39, 0.29) is 11.8 Å². The highest BCUT2D eigenvalue weighted by Crippen LogP contribution is 2.28. The monoisotopic (exact) mass is 442 g/mol. The third kappa shape index (κ3) is 4.88. The molecule has 1 aromatic heterocycles. The van der Waals surface area contributed by atoms with Crippen molar-refractivity contribution in [3.8, 4) is 11.5 Å². The number of anilines is 1. The molecule has 1 fully saturated rings. The lowest BCUT2D eigenvalue weighted by Crippen LogP contribution is -2.43. The van der Waals surface area contributed by atoms with Crippen molar-refractivity contribution in [1.29, 1.82) is 0 Å². The minimum absolute atomic E-state index is 0.0593. The van der Waals surface area contributed by atoms with E-state index in [1.807, 2.05) is 36.4 Å². The number of carbonyl (C=O) groups excluding carboxylic acids is 1. The van der Waals surface area contributed by atoms with Crippen molar-refractivity contribution in [2.24, 2.45) is 5.92 Å². The van der Waals surface area contributed by atoms with Gasteiger partial charge in [0.25, 0.3) is 0 Å². The van der Waals surface area contributed by atoms with Gasteiger partial charge in [0.1, 0.15) is 0 Å². The summed E-state index contributed by atoms with van der Waals surface area (Å²) in [6.45, 7) is 2.10. The second-order valence-corrected chi connectivity index (χ2v) is 8.17. The number of nitrogens with one attached hydrogen (secondary N) is 2. The first-order chi connectivity index (χ1) is 15.1. The van der Waals surface area contributed by atoms with E-state index < -0.39 is 0 Å². The topological polar surface area (TPSA) is 79.5 Å². The molecule has 164 valence electrons. The van der Waals surface area contributed by atoms with Crippen LogP contribution in [0.3, 0.4) is 0 Å². The fraction of sp³-hybridized carbons (Fsp3) is 0.391. The van der Waals surface area contributed by atoms with Gasteiger partial charge in [-0.25, -0.2) is 4.98 Å². The third-order valence-corrected chi connectivity index (χ3v) is 5.92. The minimum Gasteiger partial charge on any atom is -0.493 e. The number of hydrogen-bond acceptors (Lipinski definition) is 5. The van der Waals surface area contributed by atoms with Crippen LogP contribution in [0.4, 0.5) is 5.95 Å². The smallest absolute Gasteiger partial charge is 0.224 e. The number of aromatic nitrogens is 2. The van der Waals surface area contributed by atoms with Crippen molar-refractivity contribution in [1.82, 2.24) is 15.3 Å². The van der Waals surface area contributed by atoms with Crippen molar-refractivity contribution >= 4 is 34.5 Å². The average molecular weight is 443 g/mol. The van der Waals surface area contributed by atoms with Gasteiger partial charge in [-0.1, -0.05) is 17.7 Å². The van der Waals surface area contributed by atoms with Crippen LogP contribution >= 0.6 is 11.6 Å². The number of carbonyl (C=O) groups is 1. The molecule has 4 rings (SSSR count). The maximum atomic E-state index is 12.8. The van der Waals surface area contributed by atoms with Gasteiger partial charge in [0, 0.05) is 24.7 Å². The van der Waals surface area contributed by atoms with Crippen molar-refractivity contribution in [3.05, 3.63) is 47.0 Å². The van der Waals surface area contributed by atoms with Gasteiger partial charge in [0.2, 0.25) is 11.9 Å². The summed E-state index contributed by atoms with van der Waals surface area (Å²) in [6.07, 6.45) is 2.56. The zero-order chi connectivity index (χ0) is 21.8. The number of halogens is 1. The first-order valence-corrected chi connectivity index (χ1v) is 10.8. The molecule has 2 aromatic carbocycles. The molecule has 0 aliphatic carbocycles. The number of imidazole rings is 1. The Morgan fingerprint density at radius 3 is 2.87 bits per heavy atom. The number of H-pyrrole nitrogens is 1. The van der Waals surface area contributed by atoms with E-state index in [1.165, 1.54) is 0 Å². The van der Waals surface area contributed by atoms with Crippen LogP contribution in [0.15, 0.2) is 36.4 Å². The van der Waals surface area contributed by atoms with Gasteiger partial charge in [-0.3, -0.25) is 4.79 Å². The Hall–Kier alpha value is -2.93. The van der Waals surface area contributed by atoms with E-state index >= 15 is 0 Å². The van der Waals surface area contributed by atoms with Crippen LogP contribution in [-0.4, -0.2) is 49.7 Å². The number of fused-ring (bicyclic) bond motifs is 1. The third-order valence-electron chi connectivity index (χ3n) is 5.68. The quantitative estimate of drug-likeness (QED) is 0.581. The number of nitrogens with zero attached hydrogens (tertiary/aromatic N) is 2. The summed E-state index contributed by atoms with van der Waals surface area (Å²) in [7, 11) is 3.24. The summed E-state index contributed by atoms with van der Waals surface area (Å²) in [4.78, 5) is 22.9. The van der Waals surface area contributed by atoms with Gasteiger partial charge in [-0.15, -0.1) is 0 Å². The maximum Gasteiger partial charge on any atom is 0.224 e. The molecule has 1 atom stereocenters. The molecule has 0 spiro atoms. The lowest BCUT2D eigenvalue weighted by atomic mass is 9.97. The first kappa shape index (κ1) is 21.3. The van der Waals surface area contributed by atoms with Crippen LogP contribution in [0.5, 0.6) is 11.5 Å². The molecule has 1 aliphatic heterocycles. The maximum absolute atomic E-state index is 12.8. The SMILES string of the molecule is COc1ccc(CCNC(=O)C2CCCN(c3nc4ccc(Cl)cc4[nH]3)C2)cc1OC. The Balaban J connectivity index is 1.33. The van der Waals surface area contributed by atoms with Crippen LogP contribution < -0.4 is 19.7 Å². The normalized spacial score (nSPS) is 16.4. The number of methoxy groups -OCH3 is 2. The zero-order valence-corrected chi connectivity index (χ0v) is 18.5. The molecule has 2 heterocycles. The fourth-order valence-corrected chi connectivity index (χ4v) is 4.18. The van der Waals surface area contributed by atoms with Crippen molar-refractivity contribution in [2.45, 2.75) is 19.3 Å². The van der Waals surface area contributed by atoms with Crippen LogP contribution in [0, 0.1) is 5.92 Å². The van der Waals surface area contributed by atoms with Gasteiger partial charge in [0.05, 0.1) is 31.2 Å². The Kier molecular flexibility index (Phi) is 6.51. The fourth-order valence-electron chi connectivity index (χ4n) is 4.01. The Morgan fingerprint density at radius 1 is 1.23 bits per heavy atom. The van der Waals surface area contributed by atoms with Crippen molar-refractivity contribution < 1.29 is 14.3 Å². The van der Waals surface area contributed by atoms with Gasteiger partial charge in [-0.2, -0.15) is 0 Å². The second-order valence-electron chi connectivity index (χ2n) is 7.74. The first-order valence-electron chi connectivity index (χ1n) is 10.5.